The van der Waals surface area contributed by atoms with Crippen LogP contribution in [-0.2, 0) is 4.79 Å². The highest BCUT2D eigenvalue weighted by molar-refractivity contribution is 5.97. The molecule has 8 nitrogen and oxygen atoms in total. The SMILES string of the molecule is NC(=O)c1cnc(NC2CCCCC2)nc1NC1CCC(C(N)=O)CC1. The number of aromatic nitrogens is 2. The van der Waals surface area contributed by atoms with Crippen molar-refractivity contribution in [3.8, 4) is 0 Å². The van der Waals surface area contributed by atoms with Gasteiger partial charge in [0.2, 0.25) is 11.9 Å². The highest BCUT2D eigenvalue weighted by Gasteiger charge is 2.26. The van der Waals surface area contributed by atoms with Crippen LogP contribution in [0.4, 0.5) is 11.8 Å². The number of nitrogens with zero attached hydrogens (tertiary/aromatic N) is 2. The zero-order valence-electron chi connectivity index (χ0n) is 15.0. The number of rotatable bonds is 6. The Balaban J connectivity index is 1.68. The topological polar surface area (TPSA) is 136 Å². The fourth-order valence-corrected chi connectivity index (χ4v) is 3.89. The Morgan fingerprint density at radius 3 is 2.19 bits per heavy atom. The maximum Gasteiger partial charge on any atom is 0.254 e. The smallest absolute Gasteiger partial charge is 0.254 e. The first-order chi connectivity index (χ1) is 12.5. The maximum absolute atomic E-state index is 11.7. The summed E-state index contributed by atoms with van der Waals surface area (Å²) in [6, 6.07) is 0.517. The quantitative estimate of drug-likeness (QED) is 0.610. The molecule has 0 radical (unpaired) electrons. The van der Waals surface area contributed by atoms with Crippen molar-refractivity contribution in [3.05, 3.63) is 11.8 Å². The summed E-state index contributed by atoms with van der Waals surface area (Å²) in [5, 5.41) is 6.69. The molecule has 2 fully saturated rings. The molecule has 8 heteroatoms. The van der Waals surface area contributed by atoms with Gasteiger partial charge in [-0.3, -0.25) is 9.59 Å². The van der Waals surface area contributed by atoms with E-state index in [1.807, 2.05) is 0 Å². The minimum absolute atomic E-state index is 0.0578. The van der Waals surface area contributed by atoms with Gasteiger partial charge in [-0.25, -0.2) is 4.98 Å². The Bertz CT molecular complexity index is 651. The van der Waals surface area contributed by atoms with Crippen LogP contribution in [0.2, 0.25) is 0 Å². The number of anilines is 2. The molecule has 2 saturated carbocycles. The average Bonchev–Trinajstić information content (AvgIpc) is 2.63. The van der Waals surface area contributed by atoms with Crippen LogP contribution in [0.1, 0.15) is 68.1 Å². The van der Waals surface area contributed by atoms with Crippen LogP contribution in [0.25, 0.3) is 0 Å². The van der Waals surface area contributed by atoms with Gasteiger partial charge in [-0.15, -0.1) is 0 Å². The van der Waals surface area contributed by atoms with Crippen molar-refractivity contribution in [2.24, 2.45) is 17.4 Å². The third kappa shape index (κ3) is 4.62. The molecule has 1 heterocycles. The standard InChI is InChI=1S/C18H28N6O2/c19-15(25)11-6-8-13(9-7-11)22-17-14(16(20)26)10-21-18(24-17)23-12-4-2-1-3-5-12/h10-13H,1-9H2,(H2,19,25)(H2,20,26)(H2,21,22,23,24). The lowest BCUT2D eigenvalue weighted by Crippen LogP contribution is -2.33. The third-order valence-corrected chi connectivity index (χ3v) is 5.46. The fourth-order valence-electron chi connectivity index (χ4n) is 3.89. The van der Waals surface area contributed by atoms with E-state index in [4.69, 9.17) is 11.5 Å². The summed E-state index contributed by atoms with van der Waals surface area (Å²) in [5.41, 5.74) is 11.2. The molecule has 0 saturated heterocycles. The molecule has 6 N–H and O–H groups in total. The van der Waals surface area contributed by atoms with Crippen LogP contribution in [0.3, 0.4) is 0 Å². The number of nitrogens with two attached hydrogens (primary N) is 2. The summed E-state index contributed by atoms with van der Waals surface area (Å²) in [6.45, 7) is 0. The molecule has 2 aliphatic carbocycles. The maximum atomic E-state index is 11.7. The summed E-state index contributed by atoms with van der Waals surface area (Å²) >= 11 is 0. The van der Waals surface area contributed by atoms with Crippen molar-refractivity contribution in [1.29, 1.82) is 0 Å². The first kappa shape index (κ1) is 18.4. The van der Waals surface area contributed by atoms with Crippen molar-refractivity contribution < 1.29 is 9.59 Å². The Kier molecular flexibility index (Phi) is 5.90. The molecule has 26 heavy (non-hydrogen) atoms. The molecule has 0 aromatic carbocycles. The Labute approximate surface area is 153 Å². The first-order valence-corrected chi connectivity index (χ1v) is 9.52. The van der Waals surface area contributed by atoms with Gasteiger partial charge in [0.1, 0.15) is 5.82 Å². The second-order valence-corrected chi connectivity index (χ2v) is 7.39. The van der Waals surface area contributed by atoms with Crippen molar-refractivity contribution in [3.63, 3.8) is 0 Å². The summed E-state index contributed by atoms with van der Waals surface area (Å²) in [6.07, 6.45) is 10.5. The lowest BCUT2D eigenvalue weighted by atomic mass is 9.85. The van der Waals surface area contributed by atoms with Crippen LogP contribution in [0.5, 0.6) is 0 Å². The second kappa shape index (κ2) is 8.33. The van der Waals surface area contributed by atoms with Crippen LogP contribution in [0.15, 0.2) is 6.20 Å². The normalized spacial score (nSPS) is 24.0. The van der Waals surface area contributed by atoms with Gasteiger partial charge in [0.05, 0.1) is 5.56 Å². The van der Waals surface area contributed by atoms with Crippen LogP contribution >= 0.6 is 0 Å². The molecule has 0 spiro atoms. The molecule has 1 aromatic rings. The second-order valence-electron chi connectivity index (χ2n) is 7.39. The molecular weight excluding hydrogens is 332 g/mol. The van der Waals surface area contributed by atoms with E-state index in [0.29, 0.717) is 17.8 Å². The van der Waals surface area contributed by atoms with E-state index in [1.54, 1.807) is 0 Å². The van der Waals surface area contributed by atoms with Gasteiger partial charge >= 0.3 is 0 Å². The average molecular weight is 360 g/mol. The van der Waals surface area contributed by atoms with Gasteiger partial charge in [-0.2, -0.15) is 4.98 Å². The molecule has 2 aliphatic rings. The fraction of sp³-hybridized carbons (Fsp3) is 0.667. The van der Waals surface area contributed by atoms with Crippen LogP contribution in [-0.4, -0.2) is 33.9 Å². The Morgan fingerprint density at radius 2 is 1.58 bits per heavy atom. The van der Waals surface area contributed by atoms with E-state index in [1.165, 1.54) is 25.5 Å². The number of hydrogen-bond acceptors (Lipinski definition) is 6. The monoisotopic (exact) mass is 360 g/mol. The van der Waals surface area contributed by atoms with Crippen molar-refractivity contribution in [1.82, 2.24) is 9.97 Å². The number of nitrogens with one attached hydrogen (secondary N) is 2. The van der Waals surface area contributed by atoms with Gasteiger partial charge in [0.25, 0.3) is 5.91 Å². The van der Waals surface area contributed by atoms with Crippen LogP contribution in [0, 0.1) is 5.92 Å². The third-order valence-electron chi connectivity index (χ3n) is 5.46. The number of carbonyl (C=O) groups is 2. The molecule has 1 aromatic heterocycles. The number of primary amides is 2. The number of carbonyl (C=O) groups excluding carboxylic acids is 2. The molecule has 0 bridgehead atoms. The predicted octanol–water partition coefficient (Wildman–Crippen LogP) is 1.78. The van der Waals surface area contributed by atoms with Gasteiger partial charge < -0.3 is 22.1 Å². The van der Waals surface area contributed by atoms with Gasteiger partial charge in [0, 0.05) is 24.2 Å². The highest BCUT2D eigenvalue weighted by Crippen LogP contribution is 2.27. The molecular formula is C18H28N6O2. The van der Waals surface area contributed by atoms with Crippen molar-refractivity contribution in [2.45, 2.75) is 69.9 Å². The van der Waals surface area contributed by atoms with Gasteiger partial charge in [0.15, 0.2) is 0 Å². The number of amides is 2. The van der Waals surface area contributed by atoms with Crippen molar-refractivity contribution >= 4 is 23.6 Å². The molecule has 0 aliphatic heterocycles. The zero-order valence-corrected chi connectivity index (χ0v) is 15.0. The molecule has 142 valence electrons. The Hall–Kier alpha value is -2.38. The van der Waals surface area contributed by atoms with Crippen LogP contribution < -0.4 is 22.1 Å². The van der Waals surface area contributed by atoms with E-state index in [9.17, 15) is 9.59 Å². The zero-order chi connectivity index (χ0) is 18.5. The summed E-state index contributed by atoms with van der Waals surface area (Å²) < 4.78 is 0. The Morgan fingerprint density at radius 1 is 0.923 bits per heavy atom. The van der Waals surface area contributed by atoms with E-state index in [0.717, 1.165) is 38.5 Å². The predicted molar refractivity (Wildman–Crippen MR) is 99.6 cm³/mol. The lowest BCUT2D eigenvalue weighted by Gasteiger charge is -2.28. The first-order valence-electron chi connectivity index (χ1n) is 9.52. The number of hydrogen-bond donors (Lipinski definition) is 4. The van der Waals surface area contributed by atoms with E-state index < -0.39 is 5.91 Å². The van der Waals surface area contributed by atoms with E-state index in [2.05, 4.69) is 20.6 Å². The highest BCUT2D eigenvalue weighted by atomic mass is 16.1. The summed E-state index contributed by atoms with van der Waals surface area (Å²) in [7, 11) is 0. The lowest BCUT2D eigenvalue weighted by molar-refractivity contribution is -0.122. The van der Waals surface area contributed by atoms with Gasteiger partial charge in [-0.1, -0.05) is 19.3 Å². The molecule has 3 rings (SSSR count). The minimum atomic E-state index is -0.553. The van der Waals surface area contributed by atoms with E-state index in [-0.39, 0.29) is 23.4 Å². The molecule has 2 amide bonds. The van der Waals surface area contributed by atoms with E-state index >= 15 is 0 Å². The summed E-state index contributed by atoms with van der Waals surface area (Å²) in [5.74, 6) is 0.144. The summed E-state index contributed by atoms with van der Waals surface area (Å²) in [4.78, 5) is 31.8. The molecule has 0 atom stereocenters. The van der Waals surface area contributed by atoms with Crippen molar-refractivity contribution in [2.75, 3.05) is 10.6 Å². The minimum Gasteiger partial charge on any atom is -0.369 e. The molecule has 0 unspecified atom stereocenters. The van der Waals surface area contributed by atoms with Gasteiger partial charge in [-0.05, 0) is 38.5 Å². The largest absolute Gasteiger partial charge is 0.369 e.